The van der Waals surface area contributed by atoms with Crippen LogP contribution in [-0.2, 0) is 9.47 Å². The molecule has 0 amide bonds. The highest BCUT2D eigenvalue weighted by molar-refractivity contribution is 7.99. The first-order valence-electron chi connectivity index (χ1n) is 6.25. The van der Waals surface area contributed by atoms with Crippen molar-refractivity contribution >= 4 is 17.8 Å². The third-order valence-corrected chi connectivity index (χ3v) is 3.78. The number of allylic oxidation sites excluding steroid dienone is 2. The number of halogens is 2. The summed E-state index contributed by atoms with van der Waals surface area (Å²) >= 11 is 1.72. The third-order valence-electron chi connectivity index (χ3n) is 2.84. The van der Waals surface area contributed by atoms with Gasteiger partial charge in [-0.1, -0.05) is 18.2 Å². The van der Waals surface area contributed by atoms with E-state index in [0.29, 0.717) is 24.0 Å². The van der Waals surface area contributed by atoms with Gasteiger partial charge < -0.3 is 9.47 Å². The number of rotatable bonds is 4. The molecule has 1 saturated heterocycles. The summed E-state index contributed by atoms with van der Waals surface area (Å²) < 4.78 is 37.0. The number of hydrogen-bond donors (Lipinski definition) is 0. The van der Waals surface area contributed by atoms with Gasteiger partial charge in [-0.25, -0.2) is 8.78 Å². The van der Waals surface area contributed by atoms with Crippen molar-refractivity contribution in [3.8, 4) is 0 Å². The minimum atomic E-state index is -0.581. The van der Waals surface area contributed by atoms with Gasteiger partial charge in [-0.2, -0.15) is 11.8 Å². The van der Waals surface area contributed by atoms with Crippen molar-refractivity contribution in [2.24, 2.45) is 0 Å². The Balaban J connectivity index is 1.85. The van der Waals surface area contributed by atoms with Crippen LogP contribution in [0.3, 0.4) is 0 Å². The Morgan fingerprint density at radius 1 is 1.20 bits per heavy atom. The second-order valence-electron chi connectivity index (χ2n) is 4.30. The molecular formula is C15H16F2O2S. The normalized spacial score (nSPS) is 23.8. The lowest BCUT2D eigenvalue weighted by Crippen LogP contribution is -2.32. The monoisotopic (exact) mass is 298 g/mol. The lowest BCUT2D eigenvalue weighted by Gasteiger charge is -2.26. The second kappa shape index (κ2) is 7.57. The predicted molar refractivity (Wildman–Crippen MR) is 77.5 cm³/mol. The van der Waals surface area contributed by atoms with Gasteiger partial charge in [0.05, 0.1) is 18.5 Å². The molecule has 0 bridgehead atoms. The average molecular weight is 298 g/mol. The van der Waals surface area contributed by atoms with E-state index < -0.39 is 11.6 Å². The van der Waals surface area contributed by atoms with Gasteiger partial charge in [-0.15, -0.1) is 0 Å². The summed E-state index contributed by atoms with van der Waals surface area (Å²) in [7, 11) is 0. The van der Waals surface area contributed by atoms with Crippen molar-refractivity contribution in [2.45, 2.75) is 11.5 Å². The Labute approximate surface area is 121 Å². The number of hydrogen-bond acceptors (Lipinski definition) is 3. The molecule has 20 heavy (non-hydrogen) atoms. The zero-order valence-electron chi connectivity index (χ0n) is 11.1. The molecule has 1 fully saturated rings. The fraction of sp³-hybridized carbons (Fsp3) is 0.333. The molecular weight excluding hydrogens is 282 g/mol. The maximum Gasteiger partial charge on any atom is 0.177 e. The fourth-order valence-electron chi connectivity index (χ4n) is 1.70. The Hall–Kier alpha value is -1.17. The summed E-state index contributed by atoms with van der Waals surface area (Å²) in [6.45, 7) is 1.32. The maximum atomic E-state index is 13.3. The van der Waals surface area contributed by atoms with Gasteiger partial charge in [0.2, 0.25) is 0 Å². The zero-order valence-corrected chi connectivity index (χ0v) is 11.9. The molecule has 108 valence electrons. The molecule has 0 atom stereocenters. The van der Waals surface area contributed by atoms with Crippen LogP contribution in [0.2, 0.25) is 0 Å². The summed E-state index contributed by atoms with van der Waals surface area (Å²) in [5.41, 5.74) is 0.337. The highest BCUT2D eigenvalue weighted by Crippen LogP contribution is 2.16. The highest BCUT2D eigenvalue weighted by Gasteiger charge is 2.18. The van der Waals surface area contributed by atoms with Crippen molar-refractivity contribution in [3.63, 3.8) is 0 Å². The van der Waals surface area contributed by atoms with E-state index in [1.807, 2.05) is 6.26 Å². The molecule has 1 aliphatic heterocycles. The molecule has 0 aromatic heterocycles. The van der Waals surface area contributed by atoms with E-state index in [4.69, 9.17) is 9.47 Å². The predicted octanol–water partition coefficient (Wildman–Crippen LogP) is 3.64. The van der Waals surface area contributed by atoms with Crippen molar-refractivity contribution in [3.05, 3.63) is 53.6 Å². The van der Waals surface area contributed by atoms with Gasteiger partial charge >= 0.3 is 0 Å². The van der Waals surface area contributed by atoms with E-state index in [-0.39, 0.29) is 6.29 Å². The molecule has 0 aliphatic carbocycles. The molecule has 1 heterocycles. The van der Waals surface area contributed by atoms with Crippen LogP contribution in [0.1, 0.15) is 5.56 Å². The molecule has 2 rings (SSSR count). The first-order valence-corrected chi connectivity index (χ1v) is 7.54. The van der Waals surface area contributed by atoms with Gasteiger partial charge in [0.1, 0.15) is 11.6 Å². The molecule has 1 aromatic rings. The van der Waals surface area contributed by atoms with Crippen LogP contribution in [0.5, 0.6) is 0 Å². The topological polar surface area (TPSA) is 18.5 Å². The standard InChI is InChI=1S/C15H16F2O2S/c1-20-13-9-18-15(19-10-13)5-3-2-4-11-6-7-12(16)8-14(11)17/h2-8,13,15H,9-10H2,1H3. The molecule has 0 saturated carbocycles. The Morgan fingerprint density at radius 3 is 2.60 bits per heavy atom. The maximum absolute atomic E-state index is 13.3. The summed E-state index contributed by atoms with van der Waals surface area (Å²) in [6, 6.07) is 3.48. The first-order chi connectivity index (χ1) is 9.69. The van der Waals surface area contributed by atoms with E-state index in [2.05, 4.69) is 0 Å². The van der Waals surface area contributed by atoms with Crippen molar-refractivity contribution < 1.29 is 18.3 Å². The third kappa shape index (κ3) is 4.44. The van der Waals surface area contributed by atoms with E-state index in [0.717, 1.165) is 6.07 Å². The molecule has 0 spiro atoms. The van der Waals surface area contributed by atoms with Gasteiger partial charge in [-0.05, 0) is 24.5 Å². The zero-order chi connectivity index (χ0) is 14.4. The Morgan fingerprint density at radius 2 is 1.95 bits per heavy atom. The lowest BCUT2D eigenvalue weighted by atomic mass is 10.2. The van der Waals surface area contributed by atoms with Crippen molar-refractivity contribution in [1.82, 2.24) is 0 Å². The summed E-state index contributed by atoms with van der Waals surface area (Å²) in [6.07, 6.45) is 8.39. The van der Waals surface area contributed by atoms with Crippen LogP contribution in [-0.4, -0.2) is 31.0 Å². The van der Waals surface area contributed by atoms with Crippen LogP contribution >= 0.6 is 11.8 Å². The number of ether oxygens (including phenoxy) is 2. The highest BCUT2D eigenvalue weighted by atomic mass is 32.2. The average Bonchev–Trinajstić information content (AvgIpc) is 2.46. The molecule has 5 heteroatoms. The van der Waals surface area contributed by atoms with E-state index in [1.165, 1.54) is 12.1 Å². The van der Waals surface area contributed by atoms with Crippen LogP contribution in [0.25, 0.3) is 6.08 Å². The Bertz CT molecular complexity index is 495. The minimum Gasteiger partial charge on any atom is -0.348 e. The summed E-state index contributed by atoms with van der Waals surface area (Å²) in [5, 5.41) is 0.378. The Kier molecular flexibility index (Phi) is 5.76. The minimum absolute atomic E-state index is 0.337. The SMILES string of the molecule is CSC1COC(C=CC=Cc2ccc(F)cc2F)OC1. The largest absolute Gasteiger partial charge is 0.348 e. The first kappa shape index (κ1) is 15.2. The van der Waals surface area contributed by atoms with Gasteiger partial charge in [0.25, 0.3) is 0 Å². The van der Waals surface area contributed by atoms with E-state index >= 15 is 0 Å². The van der Waals surface area contributed by atoms with Gasteiger partial charge in [0, 0.05) is 11.6 Å². The quantitative estimate of drug-likeness (QED) is 0.791. The summed E-state index contributed by atoms with van der Waals surface area (Å²) in [5.74, 6) is -1.16. The number of thioether (sulfide) groups is 1. The fourth-order valence-corrected chi connectivity index (χ4v) is 2.13. The molecule has 0 N–H and O–H groups in total. The van der Waals surface area contributed by atoms with Gasteiger partial charge in [-0.3, -0.25) is 0 Å². The van der Waals surface area contributed by atoms with Crippen molar-refractivity contribution in [1.29, 1.82) is 0 Å². The molecule has 2 nitrogen and oxygen atoms in total. The van der Waals surface area contributed by atoms with Crippen LogP contribution in [0.15, 0.2) is 36.4 Å². The summed E-state index contributed by atoms with van der Waals surface area (Å²) in [4.78, 5) is 0. The molecule has 0 unspecified atom stereocenters. The molecule has 0 radical (unpaired) electrons. The number of benzene rings is 1. The molecule has 1 aliphatic rings. The smallest absolute Gasteiger partial charge is 0.177 e. The lowest BCUT2D eigenvalue weighted by molar-refractivity contribution is -0.146. The van der Waals surface area contributed by atoms with Gasteiger partial charge in [0.15, 0.2) is 6.29 Å². The van der Waals surface area contributed by atoms with E-state index in [1.54, 1.807) is 36.1 Å². The molecule has 1 aromatic carbocycles. The van der Waals surface area contributed by atoms with Crippen LogP contribution in [0.4, 0.5) is 8.78 Å². The second-order valence-corrected chi connectivity index (χ2v) is 5.44. The van der Waals surface area contributed by atoms with Crippen molar-refractivity contribution in [2.75, 3.05) is 19.5 Å². The van der Waals surface area contributed by atoms with Crippen LogP contribution in [0, 0.1) is 11.6 Å². The van der Waals surface area contributed by atoms with E-state index in [9.17, 15) is 8.78 Å². The van der Waals surface area contributed by atoms with Crippen LogP contribution < -0.4 is 0 Å².